The molecule has 0 saturated carbocycles. The fraction of sp³-hybridized carbons (Fsp3) is 0.571. The molecule has 1 saturated heterocycles. The van der Waals surface area contributed by atoms with Gasteiger partial charge in [-0.2, -0.15) is 0 Å². The molecule has 16 heavy (non-hydrogen) atoms. The van der Waals surface area contributed by atoms with E-state index in [2.05, 4.69) is 36.1 Å². The highest BCUT2D eigenvalue weighted by atomic mass is 15.2. The van der Waals surface area contributed by atoms with E-state index >= 15 is 0 Å². The van der Waals surface area contributed by atoms with E-state index in [0.29, 0.717) is 0 Å². The van der Waals surface area contributed by atoms with Crippen molar-refractivity contribution in [2.45, 2.75) is 25.8 Å². The summed E-state index contributed by atoms with van der Waals surface area (Å²) in [6.45, 7) is 5.74. The molecule has 2 N–H and O–H groups in total. The lowest BCUT2D eigenvalue weighted by molar-refractivity contribution is 0.302. The van der Waals surface area contributed by atoms with Gasteiger partial charge in [-0.05, 0) is 24.4 Å². The number of hydrogen-bond acceptors (Lipinski definition) is 2. The molecule has 1 heterocycles. The van der Waals surface area contributed by atoms with Gasteiger partial charge in [0.15, 0.2) is 0 Å². The van der Waals surface area contributed by atoms with Crippen LogP contribution in [0, 0.1) is 5.92 Å². The zero-order valence-corrected chi connectivity index (χ0v) is 10.1. The van der Waals surface area contributed by atoms with Gasteiger partial charge in [-0.3, -0.25) is 0 Å². The van der Waals surface area contributed by atoms with Crippen LogP contribution in [-0.2, 0) is 0 Å². The maximum atomic E-state index is 6.22. The summed E-state index contributed by atoms with van der Waals surface area (Å²) in [6, 6.07) is 10.6. The minimum Gasteiger partial charge on any atom is -0.323 e. The van der Waals surface area contributed by atoms with Crippen LogP contribution in [-0.4, -0.2) is 24.5 Å². The Morgan fingerprint density at radius 1 is 1.38 bits per heavy atom. The summed E-state index contributed by atoms with van der Waals surface area (Å²) in [5, 5.41) is 0. The smallest absolute Gasteiger partial charge is 0.0424 e. The van der Waals surface area contributed by atoms with Gasteiger partial charge in [0.2, 0.25) is 0 Å². The zero-order valence-electron chi connectivity index (χ0n) is 10.1. The molecule has 0 spiro atoms. The SMILES string of the molecule is CCC1CCN(CC(N)c2ccccc2)C1. The number of nitrogens with zero attached hydrogens (tertiary/aromatic N) is 1. The Labute approximate surface area is 98.4 Å². The predicted molar refractivity (Wildman–Crippen MR) is 68.2 cm³/mol. The quantitative estimate of drug-likeness (QED) is 0.841. The maximum Gasteiger partial charge on any atom is 0.0424 e. The second-order valence-corrected chi connectivity index (χ2v) is 4.84. The van der Waals surface area contributed by atoms with Crippen LogP contribution in [0.15, 0.2) is 30.3 Å². The first-order valence-electron chi connectivity index (χ1n) is 6.32. The van der Waals surface area contributed by atoms with Gasteiger partial charge in [0.05, 0.1) is 0 Å². The standard InChI is InChI=1S/C14H22N2/c1-2-12-8-9-16(10-12)11-14(15)13-6-4-3-5-7-13/h3-7,12,14H,2,8-11,15H2,1H3. The van der Waals surface area contributed by atoms with E-state index < -0.39 is 0 Å². The fourth-order valence-electron chi connectivity index (χ4n) is 2.50. The van der Waals surface area contributed by atoms with Crippen LogP contribution in [0.5, 0.6) is 0 Å². The molecule has 2 nitrogen and oxygen atoms in total. The molecule has 0 aliphatic carbocycles. The number of nitrogens with two attached hydrogens (primary N) is 1. The zero-order chi connectivity index (χ0) is 11.4. The largest absolute Gasteiger partial charge is 0.323 e. The minimum atomic E-state index is 0.164. The first-order chi connectivity index (χ1) is 7.79. The van der Waals surface area contributed by atoms with Crippen molar-refractivity contribution in [3.05, 3.63) is 35.9 Å². The molecular weight excluding hydrogens is 196 g/mol. The Bertz CT molecular complexity index is 310. The Balaban J connectivity index is 1.86. The summed E-state index contributed by atoms with van der Waals surface area (Å²) < 4.78 is 0. The summed E-state index contributed by atoms with van der Waals surface area (Å²) in [5.74, 6) is 0.892. The van der Waals surface area contributed by atoms with Crippen LogP contribution >= 0.6 is 0 Å². The van der Waals surface area contributed by atoms with Crippen molar-refractivity contribution < 1.29 is 0 Å². The van der Waals surface area contributed by atoms with Gasteiger partial charge in [-0.25, -0.2) is 0 Å². The van der Waals surface area contributed by atoms with Crippen LogP contribution in [0.1, 0.15) is 31.4 Å². The monoisotopic (exact) mass is 218 g/mol. The minimum absolute atomic E-state index is 0.164. The average Bonchev–Trinajstić information content (AvgIpc) is 2.78. The van der Waals surface area contributed by atoms with Gasteiger partial charge in [-0.1, -0.05) is 43.7 Å². The van der Waals surface area contributed by atoms with Gasteiger partial charge in [-0.15, -0.1) is 0 Å². The van der Waals surface area contributed by atoms with Crippen molar-refractivity contribution in [1.29, 1.82) is 0 Å². The molecule has 1 aliphatic heterocycles. The lowest BCUT2D eigenvalue weighted by atomic mass is 10.1. The van der Waals surface area contributed by atoms with E-state index in [1.165, 1.54) is 31.5 Å². The van der Waals surface area contributed by atoms with E-state index in [0.717, 1.165) is 12.5 Å². The summed E-state index contributed by atoms with van der Waals surface area (Å²) in [5.41, 5.74) is 7.47. The first kappa shape index (κ1) is 11.6. The van der Waals surface area contributed by atoms with E-state index in [1.54, 1.807) is 0 Å². The van der Waals surface area contributed by atoms with Gasteiger partial charge in [0.25, 0.3) is 0 Å². The third kappa shape index (κ3) is 2.83. The lowest BCUT2D eigenvalue weighted by Crippen LogP contribution is -2.30. The van der Waals surface area contributed by atoms with Crippen molar-refractivity contribution in [3.8, 4) is 0 Å². The second-order valence-electron chi connectivity index (χ2n) is 4.84. The Kier molecular flexibility index (Phi) is 3.97. The summed E-state index contributed by atoms with van der Waals surface area (Å²) in [7, 11) is 0. The Hall–Kier alpha value is -0.860. The third-order valence-electron chi connectivity index (χ3n) is 3.63. The molecular formula is C14H22N2. The third-order valence-corrected chi connectivity index (χ3v) is 3.63. The number of rotatable bonds is 4. The molecule has 1 fully saturated rings. The van der Waals surface area contributed by atoms with E-state index in [1.807, 2.05) is 6.07 Å². The van der Waals surface area contributed by atoms with Crippen molar-refractivity contribution in [3.63, 3.8) is 0 Å². The van der Waals surface area contributed by atoms with Crippen molar-refractivity contribution in [2.75, 3.05) is 19.6 Å². The summed E-state index contributed by atoms with van der Waals surface area (Å²) in [4.78, 5) is 2.51. The molecule has 0 aromatic heterocycles. The molecule has 0 bridgehead atoms. The summed E-state index contributed by atoms with van der Waals surface area (Å²) >= 11 is 0. The summed E-state index contributed by atoms with van der Waals surface area (Å²) in [6.07, 6.45) is 2.65. The molecule has 0 amide bonds. The molecule has 1 aromatic rings. The highest BCUT2D eigenvalue weighted by Gasteiger charge is 2.22. The molecule has 2 heteroatoms. The average molecular weight is 218 g/mol. The van der Waals surface area contributed by atoms with Gasteiger partial charge in [0.1, 0.15) is 0 Å². The fourth-order valence-corrected chi connectivity index (χ4v) is 2.50. The van der Waals surface area contributed by atoms with Crippen molar-refractivity contribution in [1.82, 2.24) is 4.90 Å². The maximum absolute atomic E-state index is 6.22. The topological polar surface area (TPSA) is 29.3 Å². The van der Waals surface area contributed by atoms with Crippen LogP contribution in [0.4, 0.5) is 0 Å². The molecule has 2 unspecified atom stereocenters. The lowest BCUT2D eigenvalue weighted by Gasteiger charge is -2.21. The molecule has 2 rings (SSSR count). The van der Waals surface area contributed by atoms with Crippen LogP contribution in [0.2, 0.25) is 0 Å². The molecule has 1 aromatic carbocycles. The molecule has 1 aliphatic rings. The first-order valence-corrected chi connectivity index (χ1v) is 6.32. The predicted octanol–water partition coefficient (Wildman–Crippen LogP) is 2.42. The number of hydrogen-bond donors (Lipinski definition) is 1. The second kappa shape index (κ2) is 5.46. The van der Waals surface area contributed by atoms with Gasteiger partial charge < -0.3 is 10.6 Å². The molecule has 88 valence electrons. The van der Waals surface area contributed by atoms with E-state index in [-0.39, 0.29) is 6.04 Å². The Morgan fingerprint density at radius 2 is 2.12 bits per heavy atom. The Morgan fingerprint density at radius 3 is 2.75 bits per heavy atom. The van der Waals surface area contributed by atoms with Crippen LogP contribution < -0.4 is 5.73 Å². The van der Waals surface area contributed by atoms with Crippen molar-refractivity contribution >= 4 is 0 Å². The van der Waals surface area contributed by atoms with Gasteiger partial charge >= 0.3 is 0 Å². The van der Waals surface area contributed by atoms with Gasteiger partial charge in [0, 0.05) is 19.1 Å². The van der Waals surface area contributed by atoms with Crippen molar-refractivity contribution in [2.24, 2.45) is 11.7 Å². The molecule has 2 atom stereocenters. The van der Waals surface area contributed by atoms with Crippen LogP contribution in [0.3, 0.4) is 0 Å². The molecule has 0 radical (unpaired) electrons. The number of benzene rings is 1. The highest BCUT2D eigenvalue weighted by Crippen LogP contribution is 2.21. The van der Waals surface area contributed by atoms with E-state index in [4.69, 9.17) is 5.73 Å². The van der Waals surface area contributed by atoms with E-state index in [9.17, 15) is 0 Å². The van der Waals surface area contributed by atoms with Crippen LogP contribution in [0.25, 0.3) is 0 Å². The highest BCUT2D eigenvalue weighted by molar-refractivity contribution is 5.18. The number of likely N-dealkylation sites (tertiary alicyclic amines) is 1. The normalized spacial score (nSPS) is 23.5.